The average Bonchev–Trinajstić information content (AvgIpc) is 2.46. The Kier molecular flexibility index (Phi) is 4.37. The molecule has 0 amide bonds. The lowest BCUT2D eigenvalue weighted by Gasteiger charge is -2.11. The molecule has 2 nitrogen and oxygen atoms in total. The van der Waals surface area contributed by atoms with Crippen molar-refractivity contribution in [2.45, 2.75) is 18.9 Å². The molecular weight excluding hydrogens is 224 g/mol. The molecule has 0 aliphatic heterocycles. The van der Waals surface area contributed by atoms with E-state index in [1.54, 1.807) is 7.11 Å². The summed E-state index contributed by atoms with van der Waals surface area (Å²) in [5, 5.41) is 10.1. The van der Waals surface area contributed by atoms with Gasteiger partial charge in [-0.05, 0) is 36.1 Å². The Morgan fingerprint density at radius 2 is 1.83 bits per heavy atom. The SMILES string of the molecule is COc1cccc(CC[C@@H](O)c2ccccc2)c1. The number of rotatable bonds is 5. The van der Waals surface area contributed by atoms with Crippen LogP contribution in [0, 0.1) is 0 Å². The highest BCUT2D eigenvalue weighted by Crippen LogP contribution is 2.20. The number of aliphatic hydroxyl groups excluding tert-OH is 1. The molecule has 0 heterocycles. The van der Waals surface area contributed by atoms with Gasteiger partial charge >= 0.3 is 0 Å². The van der Waals surface area contributed by atoms with Crippen molar-refractivity contribution in [3.8, 4) is 5.75 Å². The second-order valence-electron chi connectivity index (χ2n) is 4.32. The Balaban J connectivity index is 1.95. The molecule has 94 valence electrons. The fraction of sp³-hybridized carbons (Fsp3) is 0.250. The number of aliphatic hydroxyl groups is 1. The van der Waals surface area contributed by atoms with Crippen LogP contribution in [0.4, 0.5) is 0 Å². The van der Waals surface area contributed by atoms with Crippen molar-refractivity contribution in [2.75, 3.05) is 7.11 Å². The monoisotopic (exact) mass is 242 g/mol. The third kappa shape index (κ3) is 3.34. The van der Waals surface area contributed by atoms with E-state index in [0.29, 0.717) is 0 Å². The van der Waals surface area contributed by atoms with Gasteiger partial charge in [-0.1, -0.05) is 42.5 Å². The molecule has 0 aromatic heterocycles. The lowest BCUT2D eigenvalue weighted by molar-refractivity contribution is 0.168. The van der Waals surface area contributed by atoms with E-state index in [1.165, 1.54) is 5.56 Å². The standard InChI is InChI=1S/C16H18O2/c1-18-15-9-5-6-13(12-15)10-11-16(17)14-7-3-2-4-8-14/h2-9,12,16-17H,10-11H2,1H3/t16-/m1/s1. The number of benzene rings is 2. The van der Waals surface area contributed by atoms with E-state index >= 15 is 0 Å². The van der Waals surface area contributed by atoms with Gasteiger partial charge < -0.3 is 9.84 Å². The van der Waals surface area contributed by atoms with Crippen molar-refractivity contribution in [1.29, 1.82) is 0 Å². The molecule has 18 heavy (non-hydrogen) atoms. The van der Waals surface area contributed by atoms with Gasteiger partial charge in [0.1, 0.15) is 5.75 Å². The molecule has 0 bridgehead atoms. The van der Waals surface area contributed by atoms with Crippen LogP contribution in [0.5, 0.6) is 5.75 Å². The van der Waals surface area contributed by atoms with E-state index in [4.69, 9.17) is 4.74 Å². The lowest BCUT2D eigenvalue weighted by atomic mass is 10.0. The predicted octanol–water partition coefficient (Wildman–Crippen LogP) is 3.36. The number of aryl methyl sites for hydroxylation is 1. The second kappa shape index (κ2) is 6.22. The van der Waals surface area contributed by atoms with E-state index in [1.807, 2.05) is 48.5 Å². The fourth-order valence-electron chi connectivity index (χ4n) is 1.97. The summed E-state index contributed by atoms with van der Waals surface area (Å²) in [5.74, 6) is 0.863. The Morgan fingerprint density at radius 1 is 1.06 bits per heavy atom. The zero-order valence-electron chi connectivity index (χ0n) is 10.5. The van der Waals surface area contributed by atoms with Crippen LogP contribution >= 0.6 is 0 Å². The van der Waals surface area contributed by atoms with E-state index in [-0.39, 0.29) is 0 Å². The zero-order chi connectivity index (χ0) is 12.8. The van der Waals surface area contributed by atoms with Gasteiger partial charge in [0.05, 0.1) is 13.2 Å². The summed E-state index contributed by atoms with van der Waals surface area (Å²) in [6.07, 6.45) is 1.15. The van der Waals surface area contributed by atoms with Gasteiger partial charge in [0.15, 0.2) is 0 Å². The smallest absolute Gasteiger partial charge is 0.119 e. The number of methoxy groups -OCH3 is 1. The number of hydrogen-bond acceptors (Lipinski definition) is 2. The Morgan fingerprint density at radius 3 is 2.56 bits per heavy atom. The summed E-state index contributed by atoms with van der Waals surface area (Å²) >= 11 is 0. The summed E-state index contributed by atoms with van der Waals surface area (Å²) in [5.41, 5.74) is 2.16. The van der Waals surface area contributed by atoms with Crippen molar-refractivity contribution in [2.24, 2.45) is 0 Å². The molecule has 2 aromatic rings. The maximum atomic E-state index is 10.1. The maximum Gasteiger partial charge on any atom is 0.119 e. The first-order chi connectivity index (χ1) is 8.79. The van der Waals surface area contributed by atoms with Crippen LogP contribution < -0.4 is 4.74 Å². The highest BCUT2D eigenvalue weighted by molar-refractivity contribution is 5.28. The third-order valence-corrected chi connectivity index (χ3v) is 3.02. The van der Waals surface area contributed by atoms with Crippen LogP contribution in [0.15, 0.2) is 54.6 Å². The molecule has 0 fully saturated rings. The first-order valence-electron chi connectivity index (χ1n) is 6.15. The molecule has 0 saturated heterocycles. The highest BCUT2D eigenvalue weighted by atomic mass is 16.5. The molecule has 0 radical (unpaired) electrons. The molecular formula is C16H18O2. The summed E-state index contributed by atoms with van der Waals surface area (Å²) in [7, 11) is 1.66. The van der Waals surface area contributed by atoms with Gasteiger partial charge in [0, 0.05) is 0 Å². The summed E-state index contributed by atoms with van der Waals surface area (Å²) in [4.78, 5) is 0. The molecule has 1 N–H and O–H groups in total. The minimum absolute atomic E-state index is 0.405. The Bertz CT molecular complexity index is 479. The maximum absolute atomic E-state index is 10.1. The normalized spacial score (nSPS) is 12.1. The highest BCUT2D eigenvalue weighted by Gasteiger charge is 2.07. The van der Waals surface area contributed by atoms with Crippen molar-refractivity contribution in [1.82, 2.24) is 0 Å². The molecule has 0 aliphatic rings. The Labute approximate surface area is 108 Å². The van der Waals surface area contributed by atoms with E-state index < -0.39 is 6.10 Å². The molecule has 2 rings (SSSR count). The Hall–Kier alpha value is -1.80. The van der Waals surface area contributed by atoms with Gasteiger partial charge in [-0.3, -0.25) is 0 Å². The van der Waals surface area contributed by atoms with Crippen molar-refractivity contribution in [3.05, 3.63) is 65.7 Å². The van der Waals surface area contributed by atoms with Crippen molar-refractivity contribution in [3.63, 3.8) is 0 Å². The molecule has 2 heteroatoms. The minimum Gasteiger partial charge on any atom is -0.497 e. The van der Waals surface area contributed by atoms with Gasteiger partial charge in [-0.15, -0.1) is 0 Å². The van der Waals surface area contributed by atoms with Crippen molar-refractivity contribution >= 4 is 0 Å². The van der Waals surface area contributed by atoms with E-state index in [0.717, 1.165) is 24.2 Å². The largest absolute Gasteiger partial charge is 0.497 e. The molecule has 0 saturated carbocycles. The van der Waals surface area contributed by atoms with E-state index in [2.05, 4.69) is 6.07 Å². The predicted molar refractivity (Wildman–Crippen MR) is 72.7 cm³/mol. The molecule has 2 aromatic carbocycles. The average molecular weight is 242 g/mol. The van der Waals surface area contributed by atoms with Crippen LogP contribution in [0.25, 0.3) is 0 Å². The molecule has 0 aliphatic carbocycles. The van der Waals surface area contributed by atoms with E-state index in [9.17, 15) is 5.11 Å². The number of ether oxygens (including phenoxy) is 1. The van der Waals surface area contributed by atoms with Gasteiger partial charge in [0.25, 0.3) is 0 Å². The zero-order valence-corrected chi connectivity index (χ0v) is 10.5. The van der Waals surface area contributed by atoms with Crippen LogP contribution in [-0.4, -0.2) is 12.2 Å². The summed E-state index contributed by atoms with van der Waals surface area (Å²) < 4.78 is 5.18. The quantitative estimate of drug-likeness (QED) is 0.871. The van der Waals surface area contributed by atoms with Crippen LogP contribution in [0.1, 0.15) is 23.7 Å². The first-order valence-corrected chi connectivity index (χ1v) is 6.15. The topological polar surface area (TPSA) is 29.5 Å². The third-order valence-electron chi connectivity index (χ3n) is 3.02. The van der Waals surface area contributed by atoms with Gasteiger partial charge in [0.2, 0.25) is 0 Å². The van der Waals surface area contributed by atoms with Crippen LogP contribution in [0.3, 0.4) is 0 Å². The minimum atomic E-state index is -0.405. The number of hydrogen-bond donors (Lipinski definition) is 1. The summed E-state index contributed by atoms with van der Waals surface area (Å²) in [6, 6.07) is 17.7. The second-order valence-corrected chi connectivity index (χ2v) is 4.32. The fourth-order valence-corrected chi connectivity index (χ4v) is 1.97. The van der Waals surface area contributed by atoms with Crippen LogP contribution in [0.2, 0.25) is 0 Å². The molecule has 1 atom stereocenters. The molecule has 0 spiro atoms. The first kappa shape index (κ1) is 12.7. The van der Waals surface area contributed by atoms with Crippen molar-refractivity contribution < 1.29 is 9.84 Å². The lowest BCUT2D eigenvalue weighted by Crippen LogP contribution is -1.99. The van der Waals surface area contributed by atoms with Gasteiger partial charge in [-0.2, -0.15) is 0 Å². The molecule has 0 unspecified atom stereocenters. The van der Waals surface area contributed by atoms with Gasteiger partial charge in [-0.25, -0.2) is 0 Å². The van der Waals surface area contributed by atoms with Crippen LogP contribution in [-0.2, 0) is 6.42 Å². The summed E-state index contributed by atoms with van der Waals surface area (Å²) in [6.45, 7) is 0.